The van der Waals surface area contributed by atoms with E-state index >= 15 is 0 Å². The zero-order valence-corrected chi connectivity index (χ0v) is 11.7. The lowest BCUT2D eigenvalue weighted by molar-refractivity contribution is 0.325. The van der Waals surface area contributed by atoms with Crippen molar-refractivity contribution in [3.63, 3.8) is 0 Å². The molecule has 0 aliphatic heterocycles. The van der Waals surface area contributed by atoms with Gasteiger partial charge in [0.15, 0.2) is 0 Å². The lowest BCUT2D eigenvalue weighted by Gasteiger charge is -2.25. The van der Waals surface area contributed by atoms with Crippen LogP contribution in [-0.4, -0.2) is 27.9 Å². The minimum Gasteiger partial charge on any atom is -0.316 e. The molecule has 1 saturated carbocycles. The Bertz CT molecular complexity index is 339. The molecule has 102 valence electrons. The van der Waals surface area contributed by atoms with Crippen molar-refractivity contribution in [2.75, 3.05) is 7.05 Å². The summed E-state index contributed by atoms with van der Waals surface area (Å²) in [6.07, 6.45) is 11.0. The van der Waals surface area contributed by atoms with Crippen molar-refractivity contribution in [2.24, 2.45) is 5.92 Å². The first-order chi connectivity index (χ1) is 8.85. The molecule has 4 nitrogen and oxygen atoms in total. The minimum atomic E-state index is 0.553. The van der Waals surface area contributed by atoms with Crippen LogP contribution in [0.3, 0.4) is 0 Å². The number of nitrogens with zero attached hydrogens (tertiary/aromatic N) is 3. The first kappa shape index (κ1) is 13.5. The highest BCUT2D eigenvalue weighted by Crippen LogP contribution is 2.26. The van der Waals surface area contributed by atoms with Gasteiger partial charge in [-0.1, -0.05) is 25.7 Å². The molecule has 2 rings (SSSR count). The van der Waals surface area contributed by atoms with Crippen LogP contribution in [0, 0.1) is 5.92 Å². The molecule has 0 amide bonds. The summed E-state index contributed by atoms with van der Waals surface area (Å²) in [6, 6.07) is 0.553. The van der Waals surface area contributed by atoms with E-state index in [1.165, 1.54) is 38.5 Å². The average molecular weight is 250 g/mol. The van der Waals surface area contributed by atoms with Gasteiger partial charge >= 0.3 is 0 Å². The fourth-order valence-corrected chi connectivity index (χ4v) is 3.12. The van der Waals surface area contributed by atoms with Crippen LogP contribution >= 0.6 is 0 Å². The number of aryl methyl sites for hydroxylation is 1. The molecular weight excluding hydrogens is 224 g/mol. The summed E-state index contributed by atoms with van der Waals surface area (Å²) in [6.45, 7) is 3.04. The Morgan fingerprint density at radius 2 is 2.06 bits per heavy atom. The van der Waals surface area contributed by atoms with E-state index in [2.05, 4.69) is 29.4 Å². The molecule has 1 fully saturated rings. The summed E-state index contributed by atoms with van der Waals surface area (Å²) in [5, 5.41) is 7.77. The molecule has 0 radical (unpaired) electrons. The van der Waals surface area contributed by atoms with Crippen molar-refractivity contribution in [2.45, 2.75) is 64.5 Å². The van der Waals surface area contributed by atoms with Crippen LogP contribution in [0.15, 0.2) is 6.33 Å². The zero-order chi connectivity index (χ0) is 12.8. The molecule has 1 aliphatic rings. The van der Waals surface area contributed by atoms with Gasteiger partial charge in [-0.15, -0.1) is 0 Å². The van der Waals surface area contributed by atoms with Gasteiger partial charge in [-0.2, -0.15) is 5.10 Å². The smallest absolute Gasteiger partial charge is 0.138 e. The Labute approximate surface area is 110 Å². The first-order valence-corrected chi connectivity index (χ1v) is 7.39. The maximum Gasteiger partial charge on any atom is 0.138 e. The molecule has 0 bridgehead atoms. The predicted molar refractivity (Wildman–Crippen MR) is 73.4 cm³/mol. The predicted octanol–water partition coefficient (Wildman–Crippen LogP) is 2.40. The summed E-state index contributed by atoms with van der Waals surface area (Å²) < 4.78 is 2.01. The molecule has 1 aromatic heterocycles. The average Bonchev–Trinajstić information content (AvgIpc) is 2.67. The van der Waals surface area contributed by atoms with Crippen molar-refractivity contribution >= 4 is 0 Å². The summed E-state index contributed by atoms with van der Waals surface area (Å²) in [7, 11) is 2.09. The highest BCUT2D eigenvalue weighted by molar-refractivity contribution is 4.92. The van der Waals surface area contributed by atoms with Crippen molar-refractivity contribution in [3.05, 3.63) is 12.2 Å². The Morgan fingerprint density at radius 1 is 1.33 bits per heavy atom. The molecule has 4 heteroatoms. The number of rotatable bonds is 5. The van der Waals surface area contributed by atoms with Gasteiger partial charge in [-0.3, -0.25) is 4.68 Å². The maximum absolute atomic E-state index is 4.40. The second-order valence-electron chi connectivity index (χ2n) is 5.34. The van der Waals surface area contributed by atoms with Gasteiger partial charge in [0.25, 0.3) is 0 Å². The maximum atomic E-state index is 4.40. The second-order valence-corrected chi connectivity index (χ2v) is 5.34. The van der Waals surface area contributed by atoms with E-state index < -0.39 is 0 Å². The number of aromatic nitrogens is 3. The lowest BCUT2D eigenvalue weighted by atomic mass is 9.89. The van der Waals surface area contributed by atoms with E-state index in [1.807, 2.05) is 4.68 Å². The molecule has 0 aromatic carbocycles. The number of nitrogens with one attached hydrogen (secondary N) is 1. The zero-order valence-electron chi connectivity index (χ0n) is 11.7. The summed E-state index contributed by atoms with van der Waals surface area (Å²) in [4.78, 5) is 4.40. The van der Waals surface area contributed by atoms with Crippen molar-refractivity contribution in [1.82, 2.24) is 20.1 Å². The van der Waals surface area contributed by atoms with Gasteiger partial charge in [-0.25, -0.2) is 4.98 Å². The van der Waals surface area contributed by atoms with Gasteiger partial charge in [0, 0.05) is 19.0 Å². The Balaban J connectivity index is 1.99. The van der Waals surface area contributed by atoms with Gasteiger partial charge < -0.3 is 5.32 Å². The van der Waals surface area contributed by atoms with E-state index in [0.717, 1.165) is 24.7 Å². The fraction of sp³-hybridized carbons (Fsp3) is 0.857. The highest BCUT2D eigenvalue weighted by atomic mass is 15.3. The standard InChI is InChI=1S/C14H26N4/c1-3-18-14(16-11-17-18)10-13(15-2)12-8-6-4-5-7-9-12/h11-13,15H,3-10H2,1-2H3. The summed E-state index contributed by atoms with van der Waals surface area (Å²) in [5.41, 5.74) is 0. The SMILES string of the molecule is CCn1ncnc1CC(NC)C1CCCCCC1. The summed E-state index contributed by atoms with van der Waals surface area (Å²) >= 11 is 0. The summed E-state index contributed by atoms with van der Waals surface area (Å²) in [5.74, 6) is 1.93. The first-order valence-electron chi connectivity index (χ1n) is 7.39. The van der Waals surface area contributed by atoms with Crippen LogP contribution in [-0.2, 0) is 13.0 Å². The molecular formula is C14H26N4. The topological polar surface area (TPSA) is 42.7 Å². The third kappa shape index (κ3) is 3.31. The van der Waals surface area contributed by atoms with Crippen molar-refractivity contribution in [1.29, 1.82) is 0 Å². The number of hydrogen-bond donors (Lipinski definition) is 1. The molecule has 0 spiro atoms. The van der Waals surface area contributed by atoms with E-state index in [4.69, 9.17) is 0 Å². The lowest BCUT2D eigenvalue weighted by Crippen LogP contribution is -2.36. The van der Waals surface area contributed by atoms with E-state index in [-0.39, 0.29) is 0 Å². The Morgan fingerprint density at radius 3 is 2.67 bits per heavy atom. The second kappa shape index (κ2) is 6.88. The van der Waals surface area contributed by atoms with Crippen LogP contribution < -0.4 is 5.32 Å². The molecule has 1 heterocycles. The number of likely N-dealkylation sites (N-methyl/N-ethyl adjacent to an activating group) is 1. The Kier molecular flexibility index (Phi) is 5.17. The van der Waals surface area contributed by atoms with E-state index in [1.54, 1.807) is 6.33 Å². The molecule has 1 atom stereocenters. The largest absolute Gasteiger partial charge is 0.316 e. The van der Waals surface area contributed by atoms with Gasteiger partial charge in [0.2, 0.25) is 0 Å². The molecule has 1 unspecified atom stereocenters. The van der Waals surface area contributed by atoms with Crippen molar-refractivity contribution in [3.8, 4) is 0 Å². The fourth-order valence-electron chi connectivity index (χ4n) is 3.12. The minimum absolute atomic E-state index is 0.553. The molecule has 1 N–H and O–H groups in total. The van der Waals surface area contributed by atoms with Gasteiger partial charge in [0.1, 0.15) is 12.2 Å². The van der Waals surface area contributed by atoms with E-state index in [0.29, 0.717) is 6.04 Å². The van der Waals surface area contributed by atoms with Crippen LogP contribution in [0.2, 0.25) is 0 Å². The van der Waals surface area contributed by atoms with E-state index in [9.17, 15) is 0 Å². The van der Waals surface area contributed by atoms with Gasteiger partial charge in [0.05, 0.1) is 0 Å². The van der Waals surface area contributed by atoms with Gasteiger partial charge in [-0.05, 0) is 32.7 Å². The number of hydrogen-bond acceptors (Lipinski definition) is 3. The third-order valence-corrected chi connectivity index (χ3v) is 4.24. The van der Waals surface area contributed by atoms with Crippen LogP contribution in [0.25, 0.3) is 0 Å². The quantitative estimate of drug-likeness (QED) is 0.816. The highest BCUT2D eigenvalue weighted by Gasteiger charge is 2.23. The normalized spacial score (nSPS) is 19.7. The van der Waals surface area contributed by atoms with Crippen LogP contribution in [0.1, 0.15) is 51.3 Å². The molecule has 18 heavy (non-hydrogen) atoms. The molecule has 1 aliphatic carbocycles. The third-order valence-electron chi connectivity index (χ3n) is 4.24. The Hall–Kier alpha value is -0.900. The van der Waals surface area contributed by atoms with Crippen LogP contribution in [0.4, 0.5) is 0 Å². The monoisotopic (exact) mass is 250 g/mol. The van der Waals surface area contributed by atoms with Crippen LogP contribution in [0.5, 0.6) is 0 Å². The molecule has 0 saturated heterocycles. The molecule has 1 aromatic rings. The van der Waals surface area contributed by atoms with Crippen molar-refractivity contribution < 1.29 is 0 Å².